The van der Waals surface area contributed by atoms with Gasteiger partial charge in [-0.3, -0.25) is 0 Å². The van der Waals surface area contributed by atoms with E-state index in [1.165, 1.54) is 0 Å². The molecule has 4 N–H and O–H groups in total. The van der Waals surface area contributed by atoms with Crippen LogP contribution in [0.25, 0.3) is 0 Å². The molecule has 2 aromatic carbocycles. The average molecular weight is 326 g/mol. The summed E-state index contributed by atoms with van der Waals surface area (Å²) >= 11 is 3.17. The second kappa shape index (κ2) is 6.72. The van der Waals surface area contributed by atoms with Crippen LogP contribution in [0.5, 0.6) is 0 Å². The number of aromatic nitrogens is 2. The summed E-state index contributed by atoms with van der Waals surface area (Å²) in [4.78, 5) is 10.8. The molecule has 0 bridgehead atoms. The molecule has 1 heterocycles. The molecule has 0 amide bonds. The van der Waals surface area contributed by atoms with E-state index >= 15 is 0 Å². The Labute approximate surface area is 137 Å². The van der Waals surface area contributed by atoms with E-state index in [1.54, 1.807) is 29.9 Å². The number of hydrogen-bond donors (Lipinski definition) is 2. The van der Waals surface area contributed by atoms with Crippen LogP contribution in [-0.4, -0.2) is 9.97 Å². The van der Waals surface area contributed by atoms with Crippen molar-refractivity contribution >= 4 is 34.9 Å². The molecule has 0 aliphatic carbocycles. The van der Waals surface area contributed by atoms with Crippen molar-refractivity contribution < 1.29 is 0 Å². The Morgan fingerprint density at radius 2 is 1.05 bits per heavy atom. The zero-order valence-electron chi connectivity index (χ0n) is 11.6. The van der Waals surface area contributed by atoms with Crippen molar-refractivity contribution in [1.29, 1.82) is 0 Å². The second-order valence-electron chi connectivity index (χ2n) is 4.54. The smallest absolute Gasteiger partial charge is 0.118 e. The molecule has 0 atom stereocenters. The summed E-state index contributed by atoms with van der Waals surface area (Å²) in [6.07, 6.45) is 1.58. The maximum absolute atomic E-state index is 5.69. The fraction of sp³-hybridized carbons (Fsp3) is 0. The topological polar surface area (TPSA) is 77.8 Å². The van der Waals surface area contributed by atoms with E-state index in [4.69, 9.17) is 11.5 Å². The lowest BCUT2D eigenvalue weighted by atomic mass is 10.3. The van der Waals surface area contributed by atoms with Crippen LogP contribution in [0.3, 0.4) is 0 Å². The molecular weight excluding hydrogens is 312 g/mol. The fourth-order valence-corrected chi connectivity index (χ4v) is 3.39. The van der Waals surface area contributed by atoms with Gasteiger partial charge in [0.1, 0.15) is 16.4 Å². The number of anilines is 2. The maximum atomic E-state index is 5.69. The Morgan fingerprint density at radius 3 is 1.45 bits per heavy atom. The van der Waals surface area contributed by atoms with Crippen LogP contribution in [0, 0.1) is 0 Å². The van der Waals surface area contributed by atoms with E-state index < -0.39 is 0 Å². The molecule has 4 nitrogen and oxygen atoms in total. The summed E-state index contributed by atoms with van der Waals surface area (Å²) in [5.74, 6) is 0. The van der Waals surface area contributed by atoms with E-state index in [0.29, 0.717) is 0 Å². The first-order valence-electron chi connectivity index (χ1n) is 6.58. The van der Waals surface area contributed by atoms with Crippen molar-refractivity contribution in [2.75, 3.05) is 11.5 Å². The molecule has 22 heavy (non-hydrogen) atoms. The third-order valence-corrected chi connectivity index (χ3v) is 4.70. The molecule has 0 spiro atoms. The number of benzene rings is 2. The number of nitrogen functional groups attached to an aromatic ring is 2. The van der Waals surface area contributed by atoms with Gasteiger partial charge in [-0.15, -0.1) is 0 Å². The van der Waals surface area contributed by atoms with Crippen molar-refractivity contribution in [2.45, 2.75) is 19.8 Å². The summed E-state index contributed by atoms with van der Waals surface area (Å²) in [6.45, 7) is 0. The van der Waals surface area contributed by atoms with Crippen LogP contribution >= 0.6 is 23.5 Å². The van der Waals surface area contributed by atoms with Gasteiger partial charge in [0.2, 0.25) is 0 Å². The number of rotatable bonds is 4. The normalized spacial score (nSPS) is 10.5. The zero-order valence-corrected chi connectivity index (χ0v) is 13.3. The van der Waals surface area contributed by atoms with Crippen molar-refractivity contribution in [3.8, 4) is 0 Å². The summed E-state index contributed by atoms with van der Waals surface area (Å²) in [5.41, 5.74) is 12.9. The van der Waals surface area contributed by atoms with Gasteiger partial charge in [-0.1, -0.05) is 23.5 Å². The highest BCUT2D eigenvalue weighted by Crippen LogP contribution is 2.31. The van der Waals surface area contributed by atoms with Crippen LogP contribution in [0.1, 0.15) is 0 Å². The fourth-order valence-electron chi connectivity index (χ4n) is 1.75. The van der Waals surface area contributed by atoms with Gasteiger partial charge in [-0.2, -0.15) is 0 Å². The van der Waals surface area contributed by atoms with E-state index in [1.807, 2.05) is 54.6 Å². The molecule has 1 aromatic heterocycles. The van der Waals surface area contributed by atoms with Crippen LogP contribution in [0.4, 0.5) is 11.4 Å². The molecule has 0 unspecified atom stereocenters. The highest BCUT2D eigenvalue weighted by Gasteiger charge is 2.04. The summed E-state index contributed by atoms with van der Waals surface area (Å²) in [5, 5.41) is 1.80. The Morgan fingerprint density at radius 1 is 0.636 bits per heavy atom. The molecule has 0 radical (unpaired) electrons. The van der Waals surface area contributed by atoms with Crippen molar-refractivity contribution in [3.63, 3.8) is 0 Å². The Balaban J connectivity index is 1.74. The largest absolute Gasteiger partial charge is 0.399 e. The standard InChI is InChI=1S/C16H14N4S2/c17-11-1-5-13(6-2-11)21-15-9-16(20-10-19-15)22-14-7-3-12(18)4-8-14/h1-10H,17-18H2. The summed E-state index contributed by atoms with van der Waals surface area (Å²) in [6, 6.07) is 17.4. The third kappa shape index (κ3) is 3.93. The zero-order chi connectivity index (χ0) is 15.4. The molecule has 3 aromatic rings. The van der Waals surface area contributed by atoms with E-state index in [0.717, 1.165) is 31.2 Å². The van der Waals surface area contributed by atoms with Crippen molar-refractivity contribution in [2.24, 2.45) is 0 Å². The van der Waals surface area contributed by atoms with Gasteiger partial charge in [0.05, 0.1) is 0 Å². The first-order valence-corrected chi connectivity index (χ1v) is 8.21. The highest BCUT2D eigenvalue weighted by molar-refractivity contribution is 8.00. The average Bonchev–Trinajstić information content (AvgIpc) is 2.52. The van der Waals surface area contributed by atoms with Gasteiger partial charge < -0.3 is 11.5 Å². The van der Waals surface area contributed by atoms with Gasteiger partial charge in [0, 0.05) is 27.2 Å². The molecule has 0 aliphatic rings. The van der Waals surface area contributed by atoms with Crippen LogP contribution in [0.2, 0.25) is 0 Å². The lowest BCUT2D eigenvalue weighted by Crippen LogP contribution is -1.87. The highest BCUT2D eigenvalue weighted by atomic mass is 32.2. The van der Waals surface area contributed by atoms with Crippen molar-refractivity contribution in [1.82, 2.24) is 9.97 Å². The molecule has 0 aliphatic heterocycles. The number of nitrogens with zero attached hydrogens (tertiary/aromatic N) is 2. The van der Waals surface area contributed by atoms with Gasteiger partial charge in [-0.05, 0) is 48.5 Å². The molecule has 6 heteroatoms. The van der Waals surface area contributed by atoms with Gasteiger partial charge in [-0.25, -0.2) is 9.97 Å². The van der Waals surface area contributed by atoms with Crippen LogP contribution in [0.15, 0.2) is 80.8 Å². The number of hydrogen-bond acceptors (Lipinski definition) is 6. The third-order valence-electron chi connectivity index (χ3n) is 2.82. The first kappa shape index (κ1) is 14.7. The molecule has 110 valence electrons. The number of nitrogens with two attached hydrogens (primary N) is 2. The monoisotopic (exact) mass is 326 g/mol. The minimum absolute atomic E-state index is 0.756. The Kier molecular flexibility index (Phi) is 4.50. The van der Waals surface area contributed by atoms with Crippen molar-refractivity contribution in [3.05, 3.63) is 60.9 Å². The molecule has 0 saturated heterocycles. The summed E-state index contributed by atoms with van der Waals surface area (Å²) in [7, 11) is 0. The van der Waals surface area contributed by atoms with Gasteiger partial charge in [0.25, 0.3) is 0 Å². The first-order chi connectivity index (χ1) is 10.7. The Bertz CT molecular complexity index is 695. The van der Waals surface area contributed by atoms with E-state index in [2.05, 4.69) is 9.97 Å². The van der Waals surface area contributed by atoms with Crippen LogP contribution in [-0.2, 0) is 0 Å². The SMILES string of the molecule is Nc1ccc(Sc2cc(Sc3ccc(N)cc3)ncn2)cc1. The van der Waals surface area contributed by atoms with E-state index in [9.17, 15) is 0 Å². The summed E-state index contributed by atoms with van der Waals surface area (Å²) < 4.78 is 0. The molecule has 0 saturated carbocycles. The molecular formula is C16H14N4S2. The lowest BCUT2D eigenvalue weighted by Gasteiger charge is -2.04. The quantitative estimate of drug-likeness (QED) is 0.558. The van der Waals surface area contributed by atoms with Crippen LogP contribution < -0.4 is 11.5 Å². The predicted molar refractivity (Wildman–Crippen MR) is 92.0 cm³/mol. The molecule has 0 fully saturated rings. The van der Waals surface area contributed by atoms with E-state index in [-0.39, 0.29) is 0 Å². The minimum atomic E-state index is 0.756. The maximum Gasteiger partial charge on any atom is 0.118 e. The van der Waals surface area contributed by atoms with Gasteiger partial charge >= 0.3 is 0 Å². The molecule has 3 rings (SSSR count). The van der Waals surface area contributed by atoms with Gasteiger partial charge in [0.15, 0.2) is 0 Å². The predicted octanol–water partition coefficient (Wildman–Crippen LogP) is 3.94. The second-order valence-corrected chi connectivity index (χ2v) is 6.72. The minimum Gasteiger partial charge on any atom is -0.399 e. The Hall–Kier alpha value is -2.18. The lowest BCUT2D eigenvalue weighted by molar-refractivity contribution is 0.963.